The topological polar surface area (TPSA) is 49.3 Å². The normalized spacial score (nSPS) is 21.0. The fraction of sp³-hybridized carbons (Fsp3) is 0.650. The monoisotopic (exact) mass is 488 g/mol. The van der Waals surface area contributed by atoms with Crippen LogP contribution in [0.3, 0.4) is 0 Å². The minimum absolute atomic E-state index is 0. The van der Waals surface area contributed by atoms with Crippen molar-refractivity contribution in [2.45, 2.75) is 19.5 Å². The Labute approximate surface area is 180 Å². The molecule has 2 fully saturated rings. The fourth-order valence-corrected chi connectivity index (χ4v) is 3.55. The first-order chi connectivity index (χ1) is 12.7. The molecule has 6 nitrogen and oxygen atoms in total. The molecule has 2 aliphatic heterocycles. The van der Waals surface area contributed by atoms with E-state index in [1.807, 2.05) is 7.05 Å². The van der Waals surface area contributed by atoms with E-state index in [0.717, 1.165) is 71.5 Å². The number of hydrogen-bond acceptors (Lipinski definition) is 4. The van der Waals surface area contributed by atoms with Crippen molar-refractivity contribution in [2.24, 2.45) is 10.9 Å². The molecule has 0 radical (unpaired) electrons. The van der Waals surface area contributed by atoms with Gasteiger partial charge in [-0.1, -0.05) is 24.3 Å². The number of nitrogens with one attached hydrogen (secondary N) is 1. The SMILES string of the molecule is CN=C(NCc1ccc(CN2CCOCC2)cc1)N(C)CC1CCOC1.I. The summed E-state index contributed by atoms with van der Waals surface area (Å²) >= 11 is 0. The summed E-state index contributed by atoms with van der Waals surface area (Å²) in [5.74, 6) is 1.55. The van der Waals surface area contributed by atoms with Crippen molar-refractivity contribution in [1.29, 1.82) is 0 Å². The molecule has 152 valence electrons. The molecule has 1 unspecified atom stereocenters. The van der Waals surface area contributed by atoms with Gasteiger partial charge >= 0.3 is 0 Å². The first-order valence-corrected chi connectivity index (χ1v) is 9.62. The van der Waals surface area contributed by atoms with Crippen LogP contribution >= 0.6 is 24.0 Å². The van der Waals surface area contributed by atoms with Crippen molar-refractivity contribution in [1.82, 2.24) is 15.1 Å². The average molecular weight is 488 g/mol. The molecule has 27 heavy (non-hydrogen) atoms. The molecule has 0 spiro atoms. The highest BCUT2D eigenvalue weighted by molar-refractivity contribution is 14.0. The minimum atomic E-state index is 0. The van der Waals surface area contributed by atoms with Crippen LogP contribution in [0.15, 0.2) is 29.3 Å². The molecule has 2 heterocycles. The van der Waals surface area contributed by atoms with Gasteiger partial charge in [0.15, 0.2) is 5.96 Å². The molecule has 1 N–H and O–H groups in total. The van der Waals surface area contributed by atoms with Crippen LogP contribution in [0.5, 0.6) is 0 Å². The predicted molar refractivity (Wildman–Crippen MR) is 120 cm³/mol. The van der Waals surface area contributed by atoms with Gasteiger partial charge in [0.1, 0.15) is 0 Å². The van der Waals surface area contributed by atoms with E-state index in [-0.39, 0.29) is 24.0 Å². The number of benzene rings is 1. The summed E-state index contributed by atoms with van der Waals surface area (Å²) in [6.07, 6.45) is 1.14. The Morgan fingerprint density at radius 2 is 1.85 bits per heavy atom. The van der Waals surface area contributed by atoms with E-state index in [0.29, 0.717) is 5.92 Å². The van der Waals surface area contributed by atoms with Gasteiger partial charge in [-0.25, -0.2) is 0 Å². The average Bonchev–Trinajstić information content (AvgIpc) is 3.17. The summed E-state index contributed by atoms with van der Waals surface area (Å²) in [6.45, 7) is 8.28. The van der Waals surface area contributed by atoms with Crippen molar-refractivity contribution in [3.8, 4) is 0 Å². The van der Waals surface area contributed by atoms with E-state index in [4.69, 9.17) is 9.47 Å². The molecule has 0 saturated carbocycles. The van der Waals surface area contributed by atoms with Crippen LogP contribution in [0.25, 0.3) is 0 Å². The Balaban J connectivity index is 0.00000261. The van der Waals surface area contributed by atoms with Gasteiger partial charge in [0.05, 0.1) is 19.8 Å². The smallest absolute Gasteiger partial charge is 0.193 e. The van der Waals surface area contributed by atoms with E-state index in [1.165, 1.54) is 11.1 Å². The van der Waals surface area contributed by atoms with Gasteiger partial charge in [0.25, 0.3) is 0 Å². The molecule has 3 rings (SSSR count). The van der Waals surface area contributed by atoms with Crippen LogP contribution < -0.4 is 5.32 Å². The Morgan fingerprint density at radius 3 is 2.48 bits per heavy atom. The van der Waals surface area contributed by atoms with E-state index >= 15 is 0 Å². The maximum atomic E-state index is 5.47. The molecular weight excluding hydrogens is 455 g/mol. The van der Waals surface area contributed by atoms with Gasteiger partial charge in [0, 0.05) is 59.3 Å². The van der Waals surface area contributed by atoms with Crippen LogP contribution in [-0.4, -0.2) is 75.9 Å². The molecule has 1 aromatic rings. The highest BCUT2D eigenvalue weighted by Crippen LogP contribution is 2.13. The van der Waals surface area contributed by atoms with Crippen LogP contribution in [-0.2, 0) is 22.6 Å². The third-order valence-corrected chi connectivity index (χ3v) is 5.11. The largest absolute Gasteiger partial charge is 0.381 e. The Hall–Kier alpha value is -0.900. The Morgan fingerprint density at radius 1 is 1.15 bits per heavy atom. The minimum Gasteiger partial charge on any atom is -0.381 e. The summed E-state index contributed by atoms with van der Waals surface area (Å²) in [7, 11) is 3.94. The highest BCUT2D eigenvalue weighted by atomic mass is 127. The van der Waals surface area contributed by atoms with E-state index < -0.39 is 0 Å². The first-order valence-electron chi connectivity index (χ1n) is 9.62. The maximum Gasteiger partial charge on any atom is 0.193 e. The van der Waals surface area contributed by atoms with Gasteiger partial charge in [-0.2, -0.15) is 0 Å². The van der Waals surface area contributed by atoms with Crippen molar-refractivity contribution in [3.63, 3.8) is 0 Å². The number of guanidine groups is 1. The van der Waals surface area contributed by atoms with Gasteiger partial charge in [-0.3, -0.25) is 9.89 Å². The van der Waals surface area contributed by atoms with Crippen LogP contribution in [0, 0.1) is 5.92 Å². The zero-order valence-corrected chi connectivity index (χ0v) is 18.9. The predicted octanol–water partition coefficient (Wildman–Crippen LogP) is 2.18. The third kappa shape index (κ3) is 7.21. The van der Waals surface area contributed by atoms with E-state index in [2.05, 4.69) is 51.4 Å². The second-order valence-electron chi connectivity index (χ2n) is 7.22. The number of ether oxygens (including phenoxy) is 2. The third-order valence-electron chi connectivity index (χ3n) is 5.11. The van der Waals surface area contributed by atoms with Gasteiger partial charge in [-0.05, 0) is 17.5 Å². The fourth-order valence-electron chi connectivity index (χ4n) is 3.55. The van der Waals surface area contributed by atoms with Gasteiger partial charge in [-0.15, -0.1) is 24.0 Å². The first kappa shape index (κ1) is 22.4. The summed E-state index contributed by atoms with van der Waals surface area (Å²) < 4.78 is 10.9. The molecule has 0 aromatic heterocycles. The molecule has 0 amide bonds. The zero-order valence-electron chi connectivity index (χ0n) is 16.5. The molecule has 1 atom stereocenters. The number of nitrogens with zero attached hydrogens (tertiary/aromatic N) is 3. The highest BCUT2D eigenvalue weighted by Gasteiger charge is 2.19. The molecule has 0 aliphatic carbocycles. The molecule has 2 saturated heterocycles. The molecule has 2 aliphatic rings. The van der Waals surface area contributed by atoms with Crippen LogP contribution in [0.2, 0.25) is 0 Å². The number of halogens is 1. The number of morpholine rings is 1. The summed E-state index contributed by atoms with van der Waals surface area (Å²) in [6, 6.07) is 8.88. The second kappa shape index (κ2) is 11.8. The standard InChI is InChI=1S/C20H32N4O2.HI/c1-21-20(23(2)14-19-7-10-26-16-19)22-13-17-3-5-18(6-4-17)15-24-8-11-25-12-9-24;/h3-6,19H,7-16H2,1-2H3,(H,21,22);1H. The summed E-state index contributed by atoms with van der Waals surface area (Å²) in [5, 5.41) is 3.47. The number of rotatable bonds is 6. The molecule has 0 bridgehead atoms. The van der Waals surface area contributed by atoms with Gasteiger partial charge < -0.3 is 19.7 Å². The van der Waals surface area contributed by atoms with Crippen molar-refractivity contribution in [2.75, 3.05) is 60.2 Å². The Kier molecular flexibility index (Phi) is 9.81. The maximum absolute atomic E-state index is 5.47. The molecule has 7 heteroatoms. The molecular formula is C20H33IN4O2. The van der Waals surface area contributed by atoms with Crippen LogP contribution in [0.4, 0.5) is 0 Å². The van der Waals surface area contributed by atoms with Crippen LogP contribution in [0.1, 0.15) is 17.5 Å². The van der Waals surface area contributed by atoms with E-state index in [9.17, 15) is 0 Å². The lowest BCUT2D eigenvalue weighted by molar-refractivity contribution is 0.0342. The van der Waals surface area contributed by atoms with Crippen molar-refractivity contribution < 1.29 is 9.47 Å². The van der Waals surface area contributed by atoms with Crippen molar-refractivity contribution in [3.05, 3.63) is 35.4 Å². The summed E-state index contributed by atoms with van der Waals surface area (Å²) in [5.41, 5.74) is 2.63. The quantitative estimate of drug-likeness (QED) is 0.378. The second-order valence-corrected chi connectivity index (χ2v) is 7.22. The van der Waals surface area contributed by atoms with E-state index in [1.54, 1.807) is 0 Å². The lowest BCUT2D eigenvalue weighted by atomic mass is 10.1. The lowest BCUT2D eigenvalue weighted by Gasteiger charge is -2.26. The van der Waals surface area contributed by atoms with Gasteiger partial charge in [0.2, 0.25) is 0 Å². The molecule has 1 aromatic carbocycles. The number of hydrogen-bond donors (Lipinski definition) is 1. The Bertz CT molecular complexity index is 570. The van der Waals surface area contributed by atoms with Crippen molar-refractivity contribution >= 4 is 29.9 Å². The summed E-state index contributed by atoms with van der Waals surface area (Å²) in [4.78, 5) is 9.06. The lowest BCUT2D eigenvalue weighted by Crippen LogP contribution is -2.41. The zero-order chi connectivity index (χ0) is 18.2. The number of aliphatic imine (C=N–C) groups is 1.